The Kier molecular flexibility index (Phi) is 6.58. The third-order valence-electron chi connectivity index (χ3n) is 4.77. The first kappa shape index (κ1) is 18.6. The Hall–Kier alpha value is 1.51. The molecule has 0 spiro atoms. The molecule has 0 aromatic heterocycles. The Morgan fingerprint density at radius 2 is 1.00 bits per heavy atom. The summed E-state index contributed by atoms with van der Waals surface area (Å²) in [6.07, 6.45) is 9.29. The molecule has 4 atom stereocenters. The molecule has 2 heterocycles. The summed E-state index contributed by atoms with van der Waals surface area (Å²) in [5.74, 6) is 0. The van der Waals surface area contributed by atoms with Crippen LogP contribution in [0.1, 0.15) is 67.2 Å². The van der Waals surface area contributed by atoms with Crippen LogP contribution in [0.25, 0.3) is 0 Å². The number of hydrogen-bond donors (Lipinski definition) is 0. The molecule has 19 heavy (non-hydrogen) atoms. The first-order valence-electron chi connectivity index (χ1n) is 7.75. The molecule has 112 valence electrons. The van der Waals surface area contributed by atoms with E-state index in [2.05, 4.69) is 41.5 Å². The van der Waals surface area contributed by atoms with Crippen LogP contribution in [-0.4, -0.2) is 34.0 Å². The summed E-state index contributed by atoms with van der Waals surface area (Å²) in [5.41, 5.74) is 2.24. The molecule has 2 aliphatic rings. The smallest absolute Gasteiger partial charge is 0.0974 e. The second-order valence-electron chi connectivity index (χ2n) is 8.15. The van der Waals surface area contributed by atoms with Crippen LogP contribution < -0.4 is 0 Å². The predicted molar refractivity (Wildman–Crippen MR) is 89.1 cm³/mol. The number of hydrogen-bond acceptors (Lipinski definition) is 0. The van der Waals surface area contributed by atoms with E-state index in [0.29, 0.717) is 10.3 Å². The van der Waals surface area contributed by atoms with Gasteiger partial charge < -0.3 is 0 Å². The standard InChI is InChI=1S/C16H32P2.Ir/c1-15(2,3)17-11-7-9-13(17)14-10-8-12-18(14)16(4,5)6;/h13-14H,7-12H2,1-6H3;/q;+3. The Morgan fingerprint density at radius 1 is 0.684 bits per heavy atom. The average molecular weight is 479 g/mol. The van der Waals surface area contributed by atoms with Gasteiger partial charge in [-0.05, 0) is 59.6 Å². The van der Waals surface area contributed by atoms with Gasteiger partial charge >= 0.3 is 20.1 Å². The summed E-state index contributed by atoms with van der Waals surface area (Å²) in [6, 6.07) is 0. The molecule has 4 unspecified atom stereocenters. The molecule has 0 saturated carbocycles. The molecule has 0 aromatic carbocycles. The van der Waals surface area contributed by atoms with Gasteiger partial charge in [0.15, 0.2) is 0 Å². The topological polar surface area (TPSA) is 0 Å². The summed E-state index contributed by atoms with van der Waals surface area (Å²) < 4.78 is 0. The fraction of sp³-hybridized carbons (Fsp3) is 1.00. The maximum atomic E-state index is 2.51. The number of rotatable bonds is 1. The molecule has 2 rings (SSSR count). The minimum absolute atomic E-state index is 0. The zero-order valence-corrected chi connectivity index (χ0v) is 17.8. The van der Waals surface area contributed by atoms with E-state index in [1.165, 1.54) is 12.8 Å². The zero-order valence-electron chi connectivity index (χ0n) is 13.6. The van der Waals surface area contributed by atoms with E-state index >= 15 is 0 Å². The zero-order chi connectivity index (χ0) is 13.6. The van der Waals surface area contributed by atoms with Crippen molar-refractivity contribution in [1.29, 1.82) is 0 Å². The molecule has 0 bridgehead atoms. The van der Waals surface area contributed by atoms with Crippen molar-refractivity contribution < 1.29 is 20.1 Å². The van der Waals surface area contributed by atoms with E-state index in [1.54, 1.807) is 25.2 Å². The van der Waals surface area contributed by atoms with Crippen LogP contribution in [0.2, 0.25) is 0 Å². The fourth-order valence-corrected chi connectivity index (χ4v) is 12.2. The van der Waals surface area contributed by atoms with Crippen molar-refractivity contribution in [3.8, 4) is 0 Å². The second-order valence-corrected chi connectivity index (χ2v) is 14.9. The fourth-order valence-electron chi connectivity index (χ4n) is 4.05. The van der Waals surface area contributed by atoms with Crippen molar-refractivity contribution in [2.75, 3.05) is 12.3 Å². The first-order valence-corrected chi connectivity index (χ1v) is 10.9. The van der Waals surface area contributed by atoms with Gasteiger partial charge in [0.05, 0.1) is 0 Å². The van der Waals surface area contributed by atoms with Gasteiger partial charge in [-0.25, -0.2) is 0 Å². The minimum atomic E-state index is 0. The Bertz CT molecular complexity index is 260. The SMILES string of the molecule is CC(C)(C)P1CCCC1C1CCCP1C(C)(C)C.[Ir+3]. The molecule has 0 aromatic rings. The van der Waals surface area contributed by atoms with E-state index < -0.39 is 0 Å². The molecule has 0 aliphatic carbocycles. The summed E-state index contributed by atoms with van der Waals surface area (Å²) in [5, 5.41) is 1.19. The summed E-state index contributed by atoms with van der Waals surface area (Å²) in [7, 11) is 0.564. The minimum Gasteiger partial charge on any atom is -0.0974 e. The predicted octanol–water partition coefficient (Wildman–Crippen LogP) is 5.87. The summed E-state index contributed by atoms with van der Waals surface area (Å²) >= 11 is 0. The maximum absolute atomic E-state index is 2.51. The molecule has 2 fully saturated rings. The summed E-state index contributed by atoms with van der Waals surface area (Å²) in [6.45, 7) is 15.0. The van der Waals surface area contributed by atoms with Gasteiger partial charge in [0.25, 0.3) is 0 Å². The van der Waals surface area contributed by atoms with Gasteiger partial charge in [0.2, 0.25) is 0 Å². The van der Waals surface area contributed by atoms with Crippen molar-refractivity contribution in [2.45, 2.75) is 88.9 Å². The van der Waals surface area contributed by atoms with Crippen molar-refractivity contribution in [3.05, 3.63) is 0 Å². The first-order chi connectivity index (χ1) is 8.21. The molecule has 0 amide bonds. The maximum Gasteiger partial charge on any atom is 3.00 e. The summed E-state index contributed by atoms with van der Waals surface area (Å²) in [4.78, 5) is 0. The van der Waals surface area contributed by atoms with Crippen LogP contribution in [0.5, 0.6) is 0 Å². The second kappa shape index (κ2) is 6.73. The molecule has 3 heteroatoms. The van der Waals surface area contributed by atoms with Crippen molar-refractivity contribution in [1.82, 2.24) is 0 Å². The third kappa shape index (κ3) is 4.25. The van der Waals surface area contributed by atoms with Gasteiger partial charge in [-0.3, -0.25) is 0 Å². The van der Waals surface area contributed by atoms with Gasteiger partial charge in [0.1, 0.15) is 0 Å². The van der Waals surface area contributed by atoms with E-state index in [0.717, 1.165) is 11.3 Å². The van der Waals surface area contributed by atoms with Crippen molar-refractivity contribution in [3.63, 3.8) is 0 Å². The molecule has 2 saturated heterocycles. The quantitative estimate of drug-likeness (QED) is 0.414. The van der Waals surface area contributed by atoms with Crippen LogP contribution in [0, 0.1) is 0 Å². The van der Waals surface area contributed by atoms with E-state index in [-0.39, 0.29) is 35.9 Å². The van der Waals surface area contributed by atoms with Gasteiger partial charge in [-0.1, -0.05) is 57.4 Å². The Morgan fingerprint density at radius 3 is 1.26 bits per heavy atom. The third-order valence-corrected chi connectivity index (χ3v) is 12.9. The van der Waals surface area contributed by atoms with E-state index in [1.807, 2.05) is 0 Å². The van der Waals surface area contributed by atoms with Crippen molar-refractivity contribution >= 4 is 15.8 Å². The van der Waals surface area contributed by atoms with Gasteiger partial charge in [0, 0.05) is 0 Å². The molecule has 0 N–H and O–H groups in total. The van der Waals surface area contributed by atoms with Crippen LogP contribution in [0.15, 0.2) is 0 Å². The van der Waals surface area contributed by atoms with Crippen LogP contribution in [0.4, 0.5) is 0 Å². The molecular weight excluding hydrogens is 446 g/mol. The van der Waals surface area contributed by atoms with Gasteiger partial charge in [-0.2, -0.15) is 0 Å². The van der Waals surface area contributed by atoms with Crippen LogP contribution in [-0.2, 0) is 20.1 Å². The average Bonchev–Trinajstić information content (AvgIpc) is 2.83. The molecule has 0 radical (unpaired) electrons. The van der Waals surface area contributed by atoms with E-state index in [4.69, 9.17) is 0 Å². The van der Waals surface area contributed by atoms with Crippen LogP contribution >= 0.6 is 15.8 Å². The molecule has 0 nitrogen and oxygen atoms in total. The normalized spacial score (nSPS) is 36.3. The van der Waals surface area contributed by atoms with Crippen LogP contribution in [0.3, 0.4) is 0 Å². The Balaban J connectivity index is 0.00000180. The van der Waals surface area contributed by atoms with E-state index in [9.17, 15) is 0 Å². The van der Waals surface area contributed by atoms with Crippen molar-refractivity contribution in [2.24, 2.45) is 0 Å². The monoisotopic (exact) mass is 479 g/mol. The van der Waals surface area contributed by atoms with Gasteiger partial charge in [-0.15, -0.1) is 0 Å². The molecular formula is C16H32IrP2+3. The molecule has 2 aliphatic heterocycles. The Labute approximate surface area is 137 Å². The largest absolute Gasteiger partial charge is 3.00 e.